The highest BCUT2D eigenvalue weighted by Crippen LogP contribution is 2.43. The summed E-state index contributed by atoms with van der Waals surface area (Å²) in [5.41, 5.74) is 6.81. The number of phenols is 1. The molecule has 1 saturated carbocycles. The van der Waals surface area contributed by atoms with Crippen molar-refractivity contribution in [2.75, 3.05) is 7.11 Å². The highest BCUT2D eigenvalue weighted by atomic mass is 35.5. The highest BCUT2D eigenvalue weighted by molar-refractivity contribution is 5.85. The van der Waals surface area contributed by atoms with Crippen LogP contribution in [0.2, 0.25) is 0 Å². The van der Waals surface area contributed by atoms with Gasteiger partial charge in [-0.25, -0.2) is 0 Å². The van der Waals surface area contributed by atoms with Gasteiger partial charge in [-0.2, -0.15) is 0 Å². The predicted octanol–water partition coefficient (Wildman–Crippen LogP) is 2.23. The summed E-state index contributed by atoms with van der Waals surface area (Å²) >= 11 is 0. The standard InChI is InChI=1S/C11H15NO2.ClH/c1-14-9-4-2-3-8(11(9)13)10(12)7-5-6-7;/h2-4,7,10,13H,5-6,12H2,1H3;1H/t10-;/m0./s1. The molecule has 0 spiro atoms. The van der Waals surface area contributed by atoms with Crippen molar-refractivity contribution in [3.8, 4) is 11.5 Å². The van der Waals surface area contributed by atoms with Crippen LogP contribution in [0.4, 0.5) is 0 Å². The van der Waals surface area contributed by atoms with E-state index in [1.54, 1.807) is 13.2 Å². The molecule has 3 nitrogen and oxygen atoms in total. The fraction of sp³-hybridized carbons (Fsp3) is 0.455. The average molecular weight is 230 g/mol. The highest BCUT2D eigenvalue weighted by Gasteiger charge is 2.31. The van der Waals surface area contributed by atoms with Gasteiger partial charge in [-0.3, -0.25) is 0 Å². The van der Waals surface area contributed by atoms with E-state index in [0.717, 1.165) is 18.4 Å². The van der Waals surface area contributed by atoms with E-state index in [1.165, 1.54) is 0 Å². The number of hydrogen-bond acceptors (Lipinski definition) is 3. The Kier molecular flexibility index (Phi) is 3.83. The molecule has 0 aliphatic heterocycles. The Morgan fingerprint density at radius 2 is 2.13 bits per heavy atom. The van der Waals surface area contributed by atoms with E-state index in [9.17, 15) is 5.11 Å². The molecule has 1 atom stereocenters. The molecule has 2 rings (SSSR count). The number of rotatable bonds is 3. The maximum absolute atomic E-state index is 9.83. The first-order valence-corrected chi connectivity index (χ1v) is 4.85. The second kappa shape index (κ2) is 4.73. The molecule has 0 saturated heterocycles. The zero-order chi connectivity index (χ0) is 10.1. The van der Waals surface area contributed by atoms with E-state index in [4.69, 9.17) is 10.5 Å². The Balaban J connectivity index is 0.00000112. The number of para-hydroxylation sites is 1. The summed E-state index contributed by atoms with van der Waals surface area (Å²) in [7, 11) is 1.54. The van der Waals surface area contributed by atoms with Crippen LogP contribution in [0.15, 0.2) is 18.2 Å². The van der Waals surface area contributed by atoms with Crippen LogP contribution in [-0.2, 0) is 0 Å². The third-order valence-corrected chi connectivity index (χ3v) is 2.74. The lowest BCUT2D eigenvalue weighted by Gasteiger charge is -2.14. The minimum atomic E-state index is -0.0508. The summed E-state index contributed by atoms with van der Waals surface area (Å²) in [5, 5.41) is 9.83. The molecule has 0 unspecified atom stereocenters. The molecule has 1 aromatic rings. The van der Waals surface area contributed by atoms with Gasteiger partial charge < -0.3 is 15.6 Å². The summed E-state index contributed by atoms with van der Waals surface area (Å²) in [5.74, 6) is 1.22. The van der Waals surface area contributed by atoms with E-state index in [0.29, 0.717) is 11.7 Å². The summed E-state index contributed by atoms with van der Waals surface area (Å²) in [4.78, 5) is 0. The maximum Gasteiger partial charge on any atom is 0.162 e. The van der Waals surface area contributed by atoms with Crippen LogP contribution in [0.25, 0.3) is 0 Å². The number of hydrogen-bond donors (Lipinski definition) is 2. The number of benzene rings is 1. The molecular weight excluding hydrogens is 214 g/mol. The Labute approximate surface area is 95.7 Å². The third-order valence-electron chi connectivity index (χ3n) is 2.74. The fourth-order valence-corrected chi connectivity index (χ4v) is 1.68. The summed E-state index contributed by atoms with van der Waals surface area (Å²) in [6.07, 6.45) is 2.33. The van der Waals surface area contributed by atoms with Crippen LogP contribution < -0.4 is 10.5 Å². The molecule has 4 heteroatoms. The van der Waals surface area contributed by atoms with E-state index >= 15 is 0 Å². The molecule has 0 heterocycles. The minimum Gasteiger partial charge on any atom is -0.504 e. The molecule has 0 radical (unpaired) electrons. The first kappa shape index (κ1) is 12.1. The topological polar surface area (TPSA) is 55.5 Å². The summed E-state index contributed by atoms with van der Waals surface area (Å²) < 4.78 is 5.03. The molecular formula is C11H16ClNO2. The van der Waals surface area contributed by atoms with Crippen molar-refractivity contribution < 1.29 is 9.84 Å². The van der Waals surface area contributed by atoms with Gasteiger partial charge in [0.15, 0.2) is 11.5 Å². The number of ether oxygens (including phenoxy) is 1. The fourth-order valence-electron chi connectivity index (χ4n) is 1.68. The van der Waals surface area contributed by atoms with Crippen molar-refractivity contribution in [3.05, 3.63) is 23.8 Å². The average Bonchev–Trinajstić information content (AvgIpc) is 3.00. The predicted molar refractivity (Wildman–Crippen MR) is 61.6 cm³/mol. The Morgan fingerprint density at radius 3 is 2.67 bits per heavy atom. The SMILES string of the molecule is COc1cccc([C@@H](N)C2CC2)c1O.Cl. The Morgan fingerprint density at radius 1 is 1.47 bits per heavy atom. The molecule has 0 amide bonds. The Bertz CT molecular complexity index is 339. The van der Waals surface area contributed by atoms with Crippen molar-refractivity contribution in [1.82, 2.24) is 0 Å². The number of halogens is 1. The van der Waals surface area contributed by atoms with Gasteiger partial charge in [0.1, 0.15) is 0 Å². The van der Waals surface area contributed by atoms with E-state index < -0.39 is 0 Å². The van der Waals surface area contributed by atoms with E-state index in [2.05, 4.69) is 0 Å². The van der Waals surface area contributed by atoms with Gasteiger partial charge in [0.05, 0.1) is 7.11 Å². The van der Waals surface area contributed by atoms with Crippen molar-refractivity contribution >= 4 is 12.4 Å². The normalized spacial score (nSPS) is 16.7. The molecule has 1 aliphatic carbocycles. The van der Waals surface area contributed by atoms with Crippen molar-refractivity contribution in [3.63, 3.8) is 0 Å². The number of aromatic hydroxyl groups is 1. The lowest BCUT2D eigenvalue weighted by atomic mass is 10.0. The maximum atomic E-state index is 9.83. The largest absolute Gasteiger partial charge is 0.504 e. The zero-order valence-electron chi connectivity index (χ0n) is 8.64. The molecule has 1 aromatic carbocycles. The number of phenolic OH excluding ortho intramolecular Hbond substituents is 1. The van der Waals surface area contributed by atoms with Crippen LogP contribution in [0.1, 0.15) is 24.4 Å². The summed E-state index contributed by atoms with van der Waals surface area (Å²) in [6, 6.07) is 5.40. The molecule has 0 aromatic heterocycles. The van der Waals surface area contributed by atoms with Gasteiger partial charge in [-0.05, 0) is 24.8 Å². The first-order valence-electron chi connectivity index (χ1n) is 4.85. The van der Waals surface area contributed by atoms with Crippen LogP contribution in [0, 0.1) is 5.92 Å². The third kappa shape index (κ3) is 2.36. The van der Waals surface area contributed by atoms with Gasteiger partial charge >= 0.3 is 0 Å². The van der Waals surface area contributed by atoms with Crippen LogP contribution in [0.5, 0.6) is 11.5 Å². The zero-order valence-corrected chi connectivity index (χ0v) is 9.46. The van der Waals surface area contributed by atoms with E-state index in [1.807, 2.05) is 12.1 Å². The van der Waals surface area contributed by atoms with Gasteiger partial charge in [0.25, 0.3) is 0 Å². The molecule has 0 bridgehead atoms. The molecule has 3 N–H and O–H groups in total. The van der Waals surface area contributed by atoms with Crippen molar-refractivity contribution in [2.45, 2.75) is 18.9 Å². The second-order valence-corrected chi connectivity index (χ2v) is 3.76. The Hall–Kier alpha value is -0.930. The second-order valence-electron chi connectivity index (χ2n) is 3.76. The summed E-state index contributed by atoms with van der Waals surface area (Å²) in [6.45, 7) is 0. The number of nitrogens with two attached hydrogens (primary N) is 1. The van der Waals surface area contributed by atoms with Crippen LogP contribution >= 0.6 is 12.4 Å². The molecule has 1 fully saturated rings. The van der Waals surface area contributed by atoms with Crippen molar-refractivity contribution in [2.24, 2.45) is 11.7 Å². The van der Waals surface area contributed by atoms with Crippen molar-refractivity contribution in [1.29, 1.82) is 0 Å². The number of methoxy groups -OCH3 is 1. The molecule has 1 aliphatic rings. The minimum absolute atomic E-state index is 0. The van der Waals surface area contributed by atoms with Gasteiger partial charge in [-0.15, -0.1) is 12.4 Å². The first-order chi connectivity index (χ1) is 6.74. The quantitative estimate of drug-likeness (QED) is 0.836. The van der Waals surface area contributed by atoms with Gasteiger partial charge in [0, 0.05) is 11.6 Å². The van der Waals surface area contributed by atoms with E-state index in [-0.39, 0.29) is 24.2 Å². The lowest BCUT2D eigenvalue weighted by Crippen LogP contribution is -2.12. The van der Waals surface area contributed by atoms with Gasteiger partial charge in [-0.1, -0.05) is 12.1 Å². The molecule has 84 valence electrons. The lowest BCUT2D eigenvalue weighted by molar-refractivity contribution is 0.367. The molecule has 15 heavy (non-hydrogen) atoms. The smallest absolute Gasteiger partial charge is 0.162 e. The van der Waals surface area contributed by atoms with Gasteiger partial charge in [0.2, 0.25) is 0 Å². The van der Waals surface area contributed by atoms with Crippen LogP contribution in [-0.4, -0.2) is 12.2 Å². The monoisotopic (exact) mass is 229 g/mol. The van der Waals surface area contributed by atoms with Crippen LogP contribution in [0.3, 0.4) is 0 Å².